The van der Waals surface area contributed by atoms with Crippen LogP contribution in [0.5, 0.6) is 0 Å². The van der Waals surface area contributed by atoms with Crippen molar-refractivity contribution in [1.29, 1.82) is 0 Å². The van der Waals surface area contributed by atoms with Gasteiger partial charge in [-0.2, -0.15) is 4.28 Å². The van der Waals surface area contributed by atoms with Gasteiger partial charge in [-0.1, -0.05) is 36.7 Å². The number of esters is 1. The Kier molecular flexibility index (Phi) is 7.14. The third-order valence-corrected chi connectivity index (χ3v) is 5.60. The number of hydroxylamine groups is 1. The molecule has 0 fully saturated rings. The zero-order valence-corrected chi connectivity index (χ0v) is 18.4. The van der Waals surface area contributed by atoms with Gasteiger partial charge in [0.1, 0.15) is 11.4 Å². The van der Waals surface area contributed by atoms with Gasteiger partial charge in [0.05, 0.1) is 24.7 Å². The van der Waals surface area contributed by atoms with Gasteiger partial charge in [-0.25, -0.2) is 9.27 Å². The first kappa shape index (κ1) is 22.3. The van der Waals surface area contributed by atoms with Crippen molar-refractivity contribution < 1.29 is 22.6 Å². The lowest BCUT2D eigenvalue weighted by Crippen LogP contribution is -2.19. The Labute approximate surface area is 182 Å². The largest absolute Gasteiger partial charge is 0.748 e. The molecule has 3 rings (SSSR count). The Bertz CT molecular complexity index is 1070. The average molecular weight is 450 g/mol. The number of rotatable bonds is 8. The lowest BCUT2D eigenvalue weighted by Gasteiger charge is -2.21. The van der Waals surface area contributed by atoms with Crippen LogP contribution in [-0.2, 0) is 25.2 Å². The molecule has 7 nitrogen and oxygen atoms in total. The molecule has 2 aromatic carbocycles. The highest BCUT2D eigenvalue weighted by atomic mass is 35.5. The summed E-state index contributed by atoms with van der Waals surface area (Å²) in [4.78, 5) is 12.0. The topological polar surface area (TPSA) is 83.8 Å². The molecular formula is C21H22ClN2O5S-. The van der Waals surface area contributed by atoms with E-state index in [0.29, 0.717) is 17.1 Å². The Morgan fingerprint density at radius 2 is 1.97 bits per heavy atom. The van der Waals surface area contributed by atoms with Gasteiger partial charge >= 0.3 is 5.97 Å². The number of hydrogen-bond acceptors (Lipinski definition) is 6. The van der Waals surface area contributed by atoms with Crippen LogP contribution in [0, 0.1) is 0 Å². The summed E-state index contributed by atoms with van der Waals surface area (Å²) in [5.41, 5.74) is 3.20. The van der Waals surface area contributed by atoms with Gasteiger partial charge in [-0.15, -0.1) is 0 Å². The molecule has 0 aliphatic carbocycles. The summed E-state index contributed by atoms with van der Waals surface area (Å²) in [7, 11) is 2.90. The van der Waals surface area contributed by atoms with Crippen LogP contribution in [0.3, 0.4) is 0 Å². The number of methoxy groups -OCH3 is 1. The molecule has 30 heavy (non-hydrogen) atoms. The van der Waals surface area contributed by atoms with Crippen LogP contribution >= 0.6 is 11.6 Å². The number of ether oxygens (including phenoxy) is 1. The monoisotopic (exact) mass is 449 g/mol. The van der Waals surface area contributed by atoms with E-state index in [-0.39, 0.29) is 18.4 Å². The predicted molar refractivity (Wildman–Crippen MR) is 117 cm³/mol. The molecule has 160 valence electrons. The molecule has 2 atom stereocenters. The number of aromatic nitrogens is 1. The maximum Gasteiger partial charge on any atom is 0.307 e. The van der Waals surface area contributed by atoms with Gasteiger partial charge < -0.3 is 13.9 Å². The van der Waals surface area contributed by atoms with Crippen molar-refractivity contribution >= 4 is 45.5 Å². The zero-order valence-electron chi connectivity index (χ0n) is 16.8. The highest BCUT2D eigenvalue weighted by molar-refractivity contribution is 7.74. The summed E-state index contributed by atoms with van der Waals surface area (Å²) in [5, 5.41) is 2.62. The normalized spacial score (nSPS) is 13.2. The molecule has 0 saturated heterocycles. The molecule has 0 aliphatic heterocycles. The van der Waals surface area contributed by atoms with Crippen molar-refractivity contribution in [1.82, 2.24) is 4.57 Å². The summed E-state index contributed by atoms with van der Waals surface area (Å²) in [5.74, 6) is -0.296. The first-order valence-corrected chi connectivity index (χ1v) is 10.7. The molecule has 3 aromatic rings. The number of benzene rings is 2. The standard InChI is InChI=1S/C21H23ClN2O5S/c1-4-16(12-20(25)28-3)24-13-17(14-8-10-15(22)11-9-14)21-18(6-5-7-19(21)24)23(2)29-30(26)27/h5-11,13,16H,4,12H2,1-3H3,(H,26,27)/p-1. The van der Waals surface area contributed by atoms with Gasteiger partial charge in [0.25, 0.3) is 0 Å². The van der Waals surface area contributed by atoms with Crippen molar-refractivity contribution in [3.8, 4) is 11.1 Å². The molecule has 1 aromatic heterocycles. The van der Waals surface area contributed by atoms with Crippen molar-refractivity contribution in [3.63, 3.8) is 0 Å². The number of anilines is 1. The van der Waals surface area contributed by atoms with Gasteiger partial charge in [-0.3, -0.25) is 4.79 Å². The summed E-state index contributed by atoms with van der Waals surface area (Å²) >= 11 is 3.34. The summed E-state index contributed by atoms with van der Waals surface area (Å²) < 4.78 is 34.0. The summed E-state index contributed by atoms with van der Waals surface area (Å²) in [6, 6.07) is 12.8. The van der Waals surface area contributed by atoms with E-state index in [4.69, 9.17) is 20.6 Å². The van der Waals surface area contributed by atoms with Gasteiger partial charge in [-0.05, 0) is 36.2 Å². The third kappa shape index (κ3) is 4.67. The number of halogens is 1. The fourth-order valence-corrected chi connectivity index (χ4v) is 3.94. The fraction of sp³-hybridized carbons (Fsp3) is 0.286. The van der Waals surface area contributed by atoms with Gasteiger partial charge in [0.2, 0.25) is 0 Å². The number of carbonyl (C=O) groups is 1. The van der Waals surface area contributed by atoms with Crippen molar-refractivity contribution in [3.05, 3.63) is 53.7 Å². The first-order chi connectivity index (χ1) is 14.3. The zero-order chi connectivity index (χ0) is 21.8. The number of nitrogens with zero attached hydrogens (tertiary/aromatic N) is 2. The second-order valence-electron chi connectivity index (χ2n) is 6.75. The number of fused-ring (bicyclic) bond motifs is 1. The van der Waals surface area contributed by atoms with Gasteiger partial charge in [0, 0.05) is 35.3 Å². The van der Waals surface area contributed by atoms with E-state index < -0.39 is 11.4 Å². The van der Waals surface area contributed by atoms with Crippen LogP contribution in [0.15, 0.2) is 48.7 Å². The maximum absolute atomic E-state index is 12.0. The SMILES string of the molecule is CCC(CC(=O)OC)n1cc(-c2ccc(Cl)cc2)c2c(N(C)OS(=O)[O-])cccc21. The van der Waals surface area contributed by atoms with Crippen molar-refractivity contribution in [2.75, 3.05) is 19.2 Å². The molecule has 0 spiro atoms. The molecule has 1 heterocycles. The average Bonchev–Trinajstić information content (AvgIpc) is 3.11. The Balaban J connectivity index is 2.25. The Morgan fingerprint density at radius 3 is 2.57 bits per heavy atom. The van der Waals surface area contributed by atoms with Crippen LogP contribution < -0.4 is 5.06 Å². The molecular weight excluding hydrogens is 428 g/mol. The summed E-state index contributed by atoms with van der Waals surface area (Å²) in [6.07, 6.45) is 2.90. The van der Waals surface area contributed by atoms with Crippen LogP contribution in [0.25, 0.3) is 22.0 Å². The van der Waals surface area contributed by atoms with E-state index in [1.807, 2.05) is 42.0 Å². The second-order valence-corrected chi connectivity index (χ2v) is 7.74. The van der Waals surface area contributed by atoms with Crippen LogP contribution in [0.2, 0.25) is 5.02 Å². The van der Waals surface area contributed by atoms with E-state index in [1.165, 1.54) is 19.2 Å². The molecule has 0 N–H and O–H groups in total. The second kappa shape index (κ2) is 9.61. The molecule has 9 heteroatoms. The maximum atomic E-state index is 12.0. The minimum atomic E-state index is -2.72. The lowest BCUT2D eigenvalue weighted by molar-refractivity contribution is -0.141. The van der Waals surface area contributed by atoms with Gasteiger partial charge in [0.15, 0.2) is 0 Å². The van der Waals surface area contributed by atoms with Crippen LogP contribution in [-0.4, -0.2) is 33.5 Å². The van der Waals surface area contributed by atoms with E-state index in [9.17, 15) is 13.6 Å². The fourth-order valence-electron chi connectivity index (χ4n) is 3.55. The highest BCUT2D eigenvalue weighted by Crippen LogP contribution is 2.40. The molecule has 2 unspecified atom stereocenters. The summed E-state index contributed by atoms with van der Waals surface area (Å²) in [6.45, 7) is 2.00. The first-order valence-electron chi connectivity index (χ1n) is 9.33. The van der Waals surface area contributed by atoms with Crippen LogP contribution in [0.1, 0.15) is 25.8 Å². The van der Waals surface area contributed by atoms with Crippen molar-refractivity contribution in [2.24, 2.45) is 0 Å². The Hall–Kier alpha value is -2.39. The minimum Gasteiger partial charge on any atom is -0.748 e. The molecule has 0 radical (unpaired) electrons. The number of carbonyl (C=O) groups excluding carboxylic acids is 1. The van der Waals surface area contributed by atoms with E-state index >= 15 is 0 Å². The molecule has 0 saturated carbocycles. The van der Waals surface area contributed by atoms with Crippen molar-refractivity contribution in [2.45, 2.75) is 25.8 Å². The van der Waals surface area contributed by atoms with E-state index in [0.717, 1.165) is 22.0 Å². The smallest absolute Gasteiger partial charge is 0.307 e. The quantitative estimate of drug-likeness (QED) is 0.283. The minimum absolute atomic E-state index is 0.129. The van der Waals surface area contributed by atoms with E-state index in [1.54, 1.807) is 18.2 Å². The van der Waals surface area contributed by atoms with Crippen LogP contribution in [0.4, 0.5) is 5.69 Å². The molecule has 0 aliphatic rings. The van der Waals surface area contributed by atoms with E-state index in [2.05, 4.69) is 0 Å². The predicted octanol–water partition coefficient (Wildman–Crippen LogP) is 4.64. The third-order valence-electron chi connectivity index (χ3n) is 5.00. The number of hydrogen-bond donors (Lipinski definition) is 0. The highest BCUT2D eigenvalue weighted by Gasteiger charge is 2.22. The Morgan fingerprint density at radius 1 is 1.27 bits per heavy atom. The molecule has 0 amide bonds. The molecule has 0 bridgehead atoms. The lowest BCUT2D eigenvalue weighted by atomic mass is 10.0.